The van der Waals surface area contributed by atoms with E-state index < -0.39 is 0 Å². The Morgan fingerprint density at radius 2 is 1.90 bits per heavy atom. The van der Waals surface area contributed by atoms with Gasteiger partial charge in [-0.25, -0.2) is 0 Å². The van der Waals surface area contributed by atoms with Gasteiger partial charge in [-0.15, -0.1) is 0 Å². The van der Waals surface area contributed by atoms with Gasteiger partial charge < -0.3 is 0 Å². The van der Waals surface area contributed by atoms with Crippen LogP contribution in [0.5, 0.6) is 0 Å². The maximum Gasteiger partial charge on any atom is 0.0313 e. The van der Waals surface area contributed by atoms with E-state index in [2.05, 4.69) is 57.0 Å². The van der Waals surface area contributed by atoms with Crippen LogP contribution in [0.1, 0.15) is 53.9 Å². The van der Waals surface area contributed by atoms with Crippen molar-refractivity contribution in [2.24, 2.45) is 10.4 Å². The fourth-order valence-corrected chi connectivity index (χ4v) is 2.69. The predicted octanol–water partition coefficient (Wildman–Crippen LogP) is 5.66. The Bertz CT molecular complexity index is 482. The minimum atomic E-state index is 0.320. The van der Waals surface area contributed by atoms with Crippen molar-refractivity contribution >= 4 is 5.71 Å². The molecular weight excluding hydrogens is 242 g/mol. The van der Waals surface area contributed by atoms with Gasteiger partial charge in [0, 0.05) is 12.8 Å². The summed E-state index contributed by atoms with van der Waals surface area (Å²) in [5.41, 5.74) is 5.71. The van der Waals surface area contributed by atoms with Gasteiger partial charge in [-0.1, -0.05) is 49.3 Å². The number of nitrogens with zero attached hydrogens (tertiary/aromatic N) is 1. The first kappa shape index (κ1) is 16.7. The zero-order valence-corrected chi connectivity index (χ0v) is 14.0. The third-order valence-electron chi connectivity index (χ3n) is 4.10. The molecule has 0 heterocycles. The average Bonchev–Trinajstić information content (AvgIpc) is 2.37. The third kappa shape index (κ3) is 4.96. The lowest BCUT2D eigenvalue weighted by Crippen LogP contribution is -2.19. The highest BCUT2D eigenvalue weighted by Gasteiger charge is 2.26. The van der Waals surface area contributed by atoms with E-state index in [0.29, 0.717) is 5.41 Å². The van der Waals surface area contributed by atoms with Gasteiger partial charge in [0.1, 0.15) is 0 Å². The van der Waals surface area contributed by atoms with E-state index in [0.717, 1.165) is 5.71 Å². The molecule has 110 valence electrons. The first-order valence-electron chi connectivity index (χ1n) is 7.53. The van der Waals surface area contributed by atoms with Crippen molar-refractivity contribution in [3.05, 3.63) is 47.1 Å². The van der Waals surface area contributed by atoms with Gasteiger partial charge in [-0.05, 0) is 57.1 Å². The van der Waals surface area contributed by atoms with Crippen LogP contribution in [0.3, 0.4) is 0 Å². The van der Waals surface area contributed by atoms with Crippen molar-refractivity contribution in [1.29, 1.82) is 0 Å². The van der Waals surface area contributed by atoms with Gasteiger partial charge >= 0.3 is 0 Å². The molecule has 0 saturated carbocycles. The Morgan fingerprint density at radius 1 is 1.20 bits per heavy atom. The van der Waals surface area contributed by atoms with E-state index in [-0.39, 0.29) is 0 Å². The molecular formula is C19H29N. The summed E-state index contributed by atoms with van der Waals surface area (Å²) in [6, 6.07) is 0. The molecule has 0 N–H and O–H groups in total. The van der Waals surface area contributed by atoms with Crippen LogP contribution in [0.2, 0.25) is 0 Å². The second-order valence-corrected chi connectivity index (χ2v) is 6.40. The number of hydrogen-bond donors (Lipinski definition) is 0. The first-order chi connectivity index (χ1) is 9.36. The van der Waals surface area contributed by atoms with Crippen LogP contribution in [0.15, 0.2) is 52.1 Å². The van der Waals surface area contributed by atoms with Crippen LogP contribution in [0.25, 0.3) is 0 Å². The molecule has 0 bridgehead atoms. The fourth-order valence-electron chi connectivity index (χ4n) is 2.69. The maximum absolute atomic E-state index is 4.11. The zero-order valence-electron chi connectivity index (χ0n) is 14.0. The second kappa shape index (κ2) is 7.42. The van der Waals surface area contributed by atoms with E-state index >= 15 is 0 Å². The van der Waals surface area contributed by atoms with Crippen LogP contribution in [0.4, 0.5) is 0 Å². The highest BCUT2D eigenvalue weighted by atomic mass is 14.7. The van der Waals surface area contributed by atoms with Crippen molar-refractivity contribution < 1.29 is 0 Å². The lowest BCUT2D eigenvalue weighted by atomic mass is 9.72. The lowest BCUT2D eigenvalue weighted by Gasteiger charge is -2.32. The van der Waals surface area contributed by atoms with Crippen molar-refractivity contribution in [3.8, 4) is 0 Å². The van der Waals surface area contributed by atoms with Crippen LogP contribution < -0.4 is 0 Å². The molecule has 0 aromatic carbocycles. The van der Waals surface area contributed by atoms with Crippen molar-refractivity contribution in [2.75, 3.05) is 7.05 Å². The van der Waals surface area contributed by atoms with Gasteiger partial charge in [-0.3, -0.25) is 4.99 Å². The van der Waals surface area contributed by atoms with E-state index in [9.17, 15) is 0 Å². The summed E-state index contributed by atoms with van der Waals surface area (Å²) in [5, 5.41) is 0. The Kier molecular flexibility index (Phi) is 6.19. The van der Waals surface area contributed by atoms with Crippen LogP contribution in [-0.2, 0) is 0 Å². The highest BCUT2D eigenvalue weighted by Crippen LogP contribution is 2.40. The van der Waals surface area contributed by atoms with Crippen LogP contribution >= 0.6 is 0 Å². The van der Waals surface area contributed by atoms with Gasteiger partial charge in [-0.2, -0.15) is 0 Å². The number of aliphatic imine (C=N–C) groups is 1. The number of rotatable bonds is 4. The second-order valence-electron chi connectivity index (χ2n) is 6.40. The molecule has 0 fully saturated rings. The molecule has 1 heteroatoms. The molecule has 1 rings (SSSR count). The summed E-state index contributed by atoms with van der Waals surface area (Å²) in [7, 11) is 1.82. The van der Waals surface area contributed by atoms with Gasteiger partial charge in [0.2, 0.25) is 0 Å². The van der Waals surface area contributed by atoms with Gasteiger partial charge in [0.05, 0.1) is 0 Å². The summed E-state index contributed by atoms with van der Waals surface area (Å²) in [6.07, 6.45) is 14.6. The molecule has 0 amide bonds. The average molecular weight is 271 g/mol. The Labute approximate surface area is 124 Å². The largest absolute Gasteiger partial charge is 0.293 e. The smallest absolute Gasteiger partial charge is 0.0313 e. The molecule has 1 aliphatic rings. The van der Waals surface area contributed by atoms with Crippen LogP contribution in [-0.4, -0.2) is 12.8 Å². The Balaban J connectivity index is 2.81. The van der Waals surface area contributed by atoms with E-state index in [1.165, 1.54) is 30.4 Å². The summed E-state index contributed by atoms with van der Waals surface area (Å²) >= 11 is 0. The number of allylic oxidation sites excluding steroid dienone is 8. The molecule has 0 atom stereocenters. The van der Waals surface area contributed by atoms with E-state index in [1.807, 2.05) is 20.0 Å². The van der Waals surface area contributed by atoms with Crippen molar-refractivity contribution in [2.45, 2.75) is 53.9 Å². The molecule has 0 radical (unpaired) electrons. The summed E-state index contributed by atoms with van der Waals surface area (Å²) in [5.74, 6) is 0. The Hall–Kier alpha value is -1.37. The van der Waals surface area contributed by atoms with Crippen molar-refractivity contribution in [3.63, 3.8) is 0 Å². The molecule has 0 aliphatic heterocycles. The summed E-state index contributed by atoms with van der Waals surface area (Å²) in [6.45, 7) is 11.1. The third-order valence-corrected chi connectivity index (χ3v) is 4.10. The fraction of sp³-hybridized carbons (Fsp3) is 0.526. The highest BCUT2D eigenvalue weighted by molar-refractivity contribution is 5.92. The lowest BCUT2D eigenvalue weighted by molar-refractivity contribution is 0.377. The standard InChI is InChI=1S/C19H29N/c1-15(9-7-11-17(3)20-6)12-13-18-16(2)10-8-14-19(18,4)5/h7,9,11-13H,8,10,14H2,1-6H3/b11-7+,13-12+,15-9+,20-17+. The summed E-state index contributed by atoms with van der Waals surface area (Å²) in [4.78, 5) is 4.11. The minimum absolute atomic E-state index is 0.320. The predicted molar refractivity (Wildman–Crippen MR) is 91.4 cm³/mol. The molecule has 0 unspecified atom stereocenters. The molecule has 1 nitrogen and oxygen atoms in total. The monoisotopic (exact) mass is 271 g/mol. The Morgan fingerprint density at radius 3 is 2.50 bits per heavy atom. The molecule has 0 aromatic heterocycles. The quantitative estimate of drug-likeness (QED) is 0.462. The molecule has 1 aliphatic carbocycles. The minimum Gasteiger partial charge on any atom is -0.293 e. The van der Waals surface area contributed by atoms with Gasteiger partial charge in [0.15, 0.2) is 0 Å². The maximum atomic E-state index is 4.11. The first-order valence-corrected chi connectivity index (χ1v) is 7.53. The topological polar surface area (TPSA) is 12.4 Å². The van der Waals surface area contributed by atoms with Crippen LogP contribution in [0, 0.1) is 5.41 Å². The molecule has 0 saturated heterocycles. The summed E-state index contributed by atoms with van der Waals surface area (Å²) < 4.78 is 0. The molecule has 0 spiro atoms. The van der Waals surface area contributed by atoms with Crippen molar-refractivity contribution in [1.82, 2.24) is 0 Å². The normalized spacial score (nSPS) is 21.3. The number of hydrogen-bond acceptors (Lipinski definition) is 1. The molecule has 0 aromatic rings. The molecule has 20 heavy (non-hydrogen) atoms. The van der Waals surface area contributed by atoms with E-state index in [1.54, 1.807) is 5.57 Å². The van der Waals surface area contributed by atoms with E-state index in [4.69, 9.17) is 0 Å². The zero-order chi connectivity index (χ0) is 15.2. The SMILES string of the molecule is C/N=C(C)/C=C/C=C(C)/C=C/C1=C(C)CCCC1(C)C. The van der Waals surface area contributed by atoms with Gasteiger partial charge in [0.25, 0.3) is 0 Å².